The molecule has 2 saturated heterocycles. The molecule has 0 saturated carbocycles. The first kappa shape index (κ1) is 16.5. The van der Waals surface area contributed by atoms with Gasteiger partial charge in [-0.3, -0.25) is 23.7 Å². The summed E-state index contributed by atoms with van der Waals surface area (Å²) in [4.78, 5) is 37.0. The number of aromatic amines is 1. The van der Waals surface area contributed by atoms with E-state index in [1.807, 2.05) is 0 Å². The van der Waals surface area contributed by atoms with Crippen LogP contribution in [0.15, 0.2) is 9.59 Å². The van der Waals surface area contributed by atoms with E-state index in [9.17, 15) is 9.59 Å². The number of nitrogens with one attached hydrogen (secondary N) is 1. The second-order valence-electron chi connectivity index (χ2n) is 7.36. The minimum atomic E-state index is -0.345. The van der Waals surface area contributed by atoms with Gasteiger partial charge in [-0.1, -0.05) is 0 Å². The molecule has 25 heavy (non-hydrogen) atoms. The van der Waals surface area contributed by atoms with Crippen molar-refractivity contribution >= 4 is 11.2 Å². The number of aryl methyl sites for hydroxylation is 1. The molecule has 0 aliphatic carbocycles. The Balaban J connectivity index is 1.56. The van der Waals surface area contributed by atoms with E-state index in [1.54, 1.807) is 7.05 Å². The molecule has 0 amide bonds. The molecule has 4 rings (SSSR count). The van der Waals surface area contributed by atoms with Crippen molar-refractivity contribution in [2.45, 2.75) is 38.3 Å². The largest absolute Gasteiger partial charge is 0.335 e. The molecular formula is C17H26N6O2. The summed E-state index contributed by atoms with van der Waals surface area (Å²) in [7, 11) is 3.15. The van der Waals surface area contributed by atoms with Crippen LogP contribution in [0.1, 0.15) is 31.5 Å². The van der Waals surface area contributed by atoms with E-state index in [2.05, 4.69) is 19.8 Å². The van der Waals surface area contributed by atoms with Crippen LogP contribution in [0.2, 0.25) is 0 Å². The highest BCUT2D eigenvalue weighted by atomic mass is 16.2. The lowest BCUT2D eigenvalue weighted by Crippen LogP contribution is -2.46. The first-order valence-corrected chi connectivity index (χ1v) is 9.15. The van der Waals surface area contributed by atoms with Crippen LogP contribution in [0, 0.1) is 0 Å². The van der Waals surface area contributed by atoms with Gasteiger partial charge in [0.1, 0.15) is 11.3 Å². The zero-order valence-corrected chi connectivity index (χ0v) is 15.0. The zero-order valence-electron chi connectivity index (χ0n) is 15.0. The molecule has 1 unspecified atom stereocenters. The Morgan fingerprint density at radius 3 is 2.60 bits per heavy atom. The predicted octanol–water partition coefficient (Wildman–Crippen LogP) is 0.0205. The summed E-state index contributed by atoms with van der Waals surface area (Å²) in [6.45, 7) is 5.24. The fourth-order valence-corrected chi connectivity index (χ4v) is 4.24. The highest BCUT2D eigenvalue weighted by Crippen LogP contribution is 2.21. The number of hydrogen-bond acceptors (Lipinski definition) is 5. The number of aromatic nitrogens is 4. The molecule has 136 valence electrons. The second-order valence-corrected chi connectivity index (χ2v) is 7.36. The molecule has 2 aliphatic heterocycles. The molecule has 2 aliphatic rings. The third-order valence-corrected chi connectivity index (χ3v) is 5.65. The Bertz CT molecular complexity index is 889. The summed E-state index contributed by atoms with van der Waals surface area (Å²) in [5.74, 6) is 0.760. The molecule has 0 spiro atoms. The Kier molecular flexibility index (Phi) is 4.24. The van der Waals surface area contributed by atoms with E-state index in [0.29, 0.717) is 23.8 Å². The molecule has 2 aromatic rings. The third kappa shape index (κ3) is 2.93. The number of hydrogen-bond donors (Lipinski definition) is 1. The van der Waals surface area contributed by atoms with Crippen molar-refractivity contribution in [1.29, 1.82) is 0 Å². The van der Waals surface area contributed by atoms with Gasteiger partial charge in [0.05, 0.1) is 6.54 Å². The molecule has 2 aromatic heterocycles. The molecule has 0 radical (unpaired) electrons. The molecule has 8 heteroatoms. The standard InChI is InChI=1S/C17H26N6O2/c1-20-15-14(16(24)21(2)17(20)25)18-13(19-15)11-22-7-5-6-12(10-22)23-8-3-4-9-23/h12H,3-11H2,1-2H3,(H,18,19). The van der Waals surface area contributed by atoms with E-state index in [1.165, 1.54) is 50.4 Å². The molecule has 0 aromatic carbocycles. The number of rotatable bonds is 3. The number of fused-ring (bicyclic) bond motifs is 1. The van der Waals surface area contributed by atoms with E-state index in [0.717, 1.165) is 23.5 Å². The Morgan fingerprint density at radius 2 is 1.84 bits per heavy atom. The van der Waals surface area contributed by atoms with Crippen LogP contribution in [0.3, 0.4) is 0 Å². The smallest absolute Gasteiger partial charge is 0.332 e. The lowest BCUT2D eigenvalue weighted by Gasteiger charge is -2.37. The van der Waals surface area contributed by atoms with Gasteiger partial charge in [0, 0.05) is 26.7 Å². The van der Waals surface area contributed by atoms with Crippen LogP contribution in [0.5, 0.6) is 0 Å². The normalized spacial score (nSPS) is 22.9. The quantitative estimate of drug-likeness (QED) is 0.848. The van der Waals surface area contributed by atoms with Crippen LogP contribution < -0.4 is 11.2 Å². The number of piperidine rings is 1. The lowest BCUT2D eigenvalue weighted by atomic mass is 10.0. The third-order valence-electron chi connectivity index (χ3n) is 5.65. The number of nitrogens with zero attached hydrogens (tertiary/aromatic N) is 5. The van der Waals surface area contributed by atoms with Gasteiger partial charge in [0.25, 0.3) is 5.56 Å². The van der Waals surface area contributed by atoms with Crippen molar-refractivity contribution < 1.29 is 0 Å². The fraction of sp³-hybridized carbons (Fsp3) is 0.706. The minimum absolute atomic E-state index is 0.314. The van der Waals surface area contributed by atoms with E-state index in [4.69, 9.17) is 0 Å². The zero-order chi connectivity index (χ0) is 17.6. The van der Waals surface area contributed by atoms with Gasteiger partial charge < -0.3 is 4.98 Å². The van der Waals surface area contributed by atoms with Crippen LogP contribution in [-0.4, -0.2) is 61.1 Å². The first-order valence-electron chi connectivity index (χ1n) is 9.15. The van der Waals surface area contributed by atoms with Crippen molar-refractivity contribution in [2.24, 2.45) is 14.1 Å². The monoisotopic (exact) mass is 346 g/mol. The number of H-pyrrole nitrogens is 1. The number of likely N-dealkylation sites (tertiary alicyclic amines) is 2. The summed E-state index contributed by atoms with van der Waals surface area (Å²) in [6, 6.07) is 0.637. The SMILES string of the molecule is Cn1c(=O)c2[nH]c(CN3CCCC(N4CCCC4)C3)nc2n(C)c1=O. The first-order chi connectivity index (χ1) is 12.0. The van der Waals surface area contributed by atoms with Crippen LogP contribution in [0.4, 0.5) is 0 Å². The van der Waals surface area contributed by atoms with Gasteiger partial charge in [-0.05, 0) is 45.3 Å². The summed E-state index contributed by atoms with van der Waals surface area (Å²) >= 11 is 0. The van der Waals surface area contributed by atoms with Gasteiger partial charge in [0.15, 0.2) is 5.65 Å². The van der Waals surface area contributed by atoms with Crippen LogP contribution in [-0.2, 0) is 20.6 Å². The van der Waals surface area contributed by atoms with Gasteiger partial charge in [-0.25, -0.2) is 9.78 Å². The Morgan fingerprint density at radius 1 is 1.08 bits per heavy atom. The van der Waals surface area contributed by atoms with E-state index < -0.39 is 0 Å². The minimum Gasteiger partial charge on any atom is -0.335 e. The summed E-state index contributed by atoms with van der Waals surface area (Å²) in [6.07, 6.45) is 5.10. The van der Waals surface area contributed by atoms with Gasteiger partial charge in [0.2, 0.25) is 0 Å². The molecule has 0 bridgehead atoms. The van der Waals surface area contributed by atoms with Crippen LogP contribution in [0.25, 0.3) is 11.2 Å². The van der Waals surface area contributed by atoms with Crippen molar-refractivity contribution in [3.8, 4) is 0 Å². The molecule has 2 fully saturated rings. The molecule has 8 nitrogen and oxygen atoms in total. The second kappa shape index (κ2) is 6.42. The van der Waals surface area contributed by atoms with Gasteiger partial charge in [-0.15, -0.1) is 0 Å². The average Bonchev–Trinajstić information content (AvgIpc) is 3.28. The van der Waals surface area contributed by atoms with Gasteiger partial charge >= 0.3 is 5.69 Å². The molecular weight excluding hydrogens is 320 g/mol. The average molecular weight is 346 g/mol. The number of imidazole rings is 1. The molecule has 1 atom stereocenters. The summed E-state index contributed by atoms with van der Waals surface area (Å²) < 4.78 is 2.55. The lowest BCUT2D eigenvalue weighted by molar-refractivity contribution is 0.109. The van der Waals surface area contributed by atoms with E-state index >= 15 is 0 Å². The summed E-state index contributed by atoms with van der Waals surface area (Å²) in [5, 5.41) is 0. The van der Waals surface area contributed by atoms with Gasteiger partial charge in [-0.2, -0.15) is 0 Å². The highest BCUT2D eigenvalue weighted by molar-refractivity contribution is 5.69. The maximum Gasteiger partial charge on any atom is 0.332 e. The van der Waals surface area contributed by atoms with Crippen molar-refractivity contribution in [1.82, 2.24) is 28.9 Å². The summed E-state index contributed by atoms with van der Waals surface area (Å²) in [5.41, 5.74) is 0.192. The highest BCUT2D eigenvalue weighted by Gasteiger charge is 2.27. The maximum atomic E-state index is 12.3. The Labute approximate surface area is 146 Å². The maximum absolute atomic E-state index is 12.3. The molecule has 1 N–H and O–H groups in total. The van der Waals surface area contributed by atoms with Crippen molar-refractivity contribution in [3.63, 3.8) is 0 Å². The van der Waals surface area contributed by atoms with Crippen LogP contribution >= 0.6 is 0 Å². The van der Waals surface area contributed by atoms with E-state index in [-0.39, 0.29) is 11.2 Å². The van der Waals surface area contributed by atoms with Crippen molar-refractivity contribution in [2.75, 3.05) is 26.2 Å². The molecule has 4 heterocycles. The predicted molar refractivity (Wildman–Crippen MR) is 95.7 cm³/mol. The topological polar surface area (TPSA) is 79.2 Å². The Hall–Kier alpha value is -1.93. The van der Waals surface area contributed by atoms with Crippen molar-refractivity contribution in [3.05, 3.63) is 26.7 Å². The fourth-order valence-electron chi connectivity index (χ4n) is 4.24.